The zero-order valence-electron chi connectivity index (χ0n) is 9.88. The molecule has 0 heterocycles. The number of hydrogen-bond acceptors (Lipinski definition) is 2. The first-order valence-corrected chi connectivity index (χ1v) is 5.93. The van der Waals surface area contributed by atoms with Gasteiger partial charge in [-0.3, -0.25) is 0 Å². The van der Waals surface area contributed by atoms with Crippen molar-refractivity contribution in [3.05, 3.63) is 59.7 Å². The predicted molar refractivity (Wildman–Crippen MR) is 76.2 cm³/mol. The minimum Gasteiger partial charge on any atom is -0.478 e. The summed E-state index contributed by atoms with van der Waals surface area (Å²) in [6.07, 6.45) is 0. The summed E-state index contributed by atoms with van der Waals surface area (Å²) in [4.78, 5) is 11.6. The van der Waals surface area contributed by atoms with Gasteiger partial charge >= 0.3 is 5.97 Å². The summed E-state index contributed by atoms with van der Waals surface area (Å²) in [6, 6.07) is 14.8. The number of rotatable bonds is 3. The molecule has 0 atom stereocenters. The van der Waals surface area contributed by atoms with Gasteiger partial charge in [0.15, 0.2) is 0 Å². The van der Waals surface area contributed by atoms with E-state index in [0.717, 1.165) is 21.6 Å². The van der Waals surface area contributed by atoms with Crippen molar-refractivity contribution in [1.82, 2.24) is 0 Å². The van der Waals surface area contributed by atoms with Crippen LogP contribution in [-0.4, -0.2) is 15.9 Å². The fraction of sp³-hybridized carbons (Fsp3) is 0.0667. The second kappa shape index (κ2) is 5.10. The van der Waals surface area contributed by atoms with Crippen LogP contribution in [0.3, 0.4) is 0 Å². The van der Waals surface area contributed by atoms with Crippen molar-refractivity contribution < 1.29 is 9.90 Å². The Morgan fingerprint density at radius 2 is 1.28 bits per heavy atom. The maximum absolute atomic E-state index is 10.8. The highest BCUT2D eigenvalue weighted by Gasteiger charge is 2.03. The molecule has 0 aliphatic rings. The van der Waals surface area contributed by atoms with Gasteiger partial charge in [-0.05, 0) is 35.7 Å². The molecule has 0 unspecified atom stereocenters. The SMILES string of the molecule is CC(=S)c1ccc(-c2ccc(C(=O)O)cc2)cc1. The van der Waals surface area contributed by atoms with Crippen LogP contribution in [0.4, 0.5) is 0 Å². The zero-order valence-corrected chi connectivity index (χ0v) is 10.7. The lowest BCUT2D eigenvalue weighted by atomic mass is 10.0. The number of carbonyl (C=O) groups is 1. The van der Waals surface area contributed by atoms with Gasteiger partial charge in [-0.1, -0.05) is 48.6 Å². The molecule has 3 heteroatoms. The molecule has 1 N–H and O–H groups in total. The third kappa shape index (κ3) is 2.63. The van der Waals surface area contributed by atoms with Gasteiger partial charge in [0.25, 0.3) is 0 Å². The summed E-state index contributed by atoms with van der Waals surface area (Å²) in [6.45, 7) is 1.89. The molecular formula is C15H12O2S. The number of carboxylic acid groups (broad SMARTS) is 1. The van der Waals surface area contributed by atoms with Crippen LogP contribution < -0.4 is 0 Å². The Morgan fingerprint density at radius 1 is 0.889 bits per heavy atom. The van der Waals surface area contributed by atoms with E-state index in [1.165, 1.54) is 0 Å². The molecule has 0 amide bonds. The molecule has 0 saturated heterocycles. The molecule has 18 heavy (non-hydrogen) atoms. The Kier molecular flexibility index (Phi) is 3.53. The second-order valence-electron chi connectivity index (χ2n) is 4.02. The van der Waals surface area contributed by atoms with Crippen LogP contribution in [0, 0.1) is 0 Å². The quantitative estimate of drug-likeness (QED) is 0.670. The van der Waals surface area contributed by atoms with E-state index in [9.17, 15) is 4.79 Å². The summed E-state index contributed by atoms with van der Waals surface area (Å²) < 4.78 is 0. The van der Waals surface area contributed by atoms with Crippen molar-refractivity contribution in [2.45, 2.75) is 6.92 Å². The number of thiocarbonyl (C=S) groups is 1. The summed E-state index contributed by atoms with van der Waals surface area (Å²) in [5.74, 6) is -0.909. The number of benzene rings is 2. The molecule has 2 aromatic rings. The summed E-state index contributed by atoms with van der Waals surface area (Å²) in [7, 11) is 0. The summed E-state index contributed by atoms with van der Waals surface area (Å²) in [5.41, 5.74) is 3.38. The summed E-state index contributed by atoms with van der Waals surface area (Å²) in [5, 5.41) is 8.83. The summed E-state index contributed by atoms with van der Waals surface area (Å²) >= 11 is 5.10. The first kappa shape index (κ1) is 12.5. The standard InChI is InChI=1S/C15H12O2S/c1-10(18)11-2-4-12(5-3-11)13-6-8-14(9-7-13)15(16)17/h2-9H,1H3,(H,16,17). The van der Waals surface area contributed by atoms with E-state index in [1.54, 1.807) is 12.1 Å². The average molecular weight is 256 g/mol. The van der Waals surface area contributed by atoms with Gasteiger partial charge in [-0.15, -0.1) is 0 Å². The first-order chi connectivity index (χ1) is 8.58. The van der Waals surface area contributed by atoms with Gasteiger partial charge in [0, 0.05) is 4.86 Å². The lowest BCUT2D eigenvalue weighted by Crippen LogP contribution is -1.95. The highest BCUT2D eigenvalue weighted by molar-refractivity contribution is 7.80. The van der Waals surface area contributed by atoms with E-state index < -0.39 is 5.97 Å². The van der Waals surface area contributed by atoms with E-state index in [4.69, 9.17) is 17.3 Å². The van der Waals surface area contributed by atoms with E-state index in [-0.39, 0.29) is 0 Å². The van der Waals surface area contributed by atoms with E-state index >= 15 is 0 Å². The zero-order chi connectivity index (χ0) is 13.1. The molecule has 0 radical (unpaired) electrons. The molecule has 0 aliphatic heterocycles. The lowest BCUT2D eigenvalue weighted by Gasteiger charge is -2.04. The van der Waals surface area contributed by atoms with Gasteiger partial charge in [0.1, 0.15) is 0 Å². The van der Waals surface area contributed by atoms with Gasteiger partial charge in [0.2, 0.25) is 0 Å². The first-order valence-electron chi connectivity index (χ1n) is 5.52. The number of aromatic carboxylic acids is 1. The van der Waals surface area contributed by atoms with Gasteiger partial charge in [-0.2, -0.15) is 0 Å². The van der Waals surface area contributed by atoms with Crippen LogP contribution in [0.15, 0.2) is 48.5 Å². The van der Waals surface area contributed by atoms with Gasteiger partial charge in [0.05, 0.1) is 5.56 Å². The third-order valence-electron chi connectivity index (χ3n) is 2.76. The fourth-order valence-electron chi connectivity index (χ4n) is 1.70. The van der Waals surface area contributed by atoms with Crippen LogP contribution in [0.5, 0.6) is 0 Å². The number of hydrogen-bond donors (Lipinski definition) is 1. The maximum Gasteiger partial charge on any atom is 0.335 e. The Hall–Kier alpha value is -2.00. The van der Waals surface area contributed by atoms with Crippen molar-refractivity contribution in [1.29, 1.82) is 0 Å². The number of carboxylic acids is 1. The molecule has 0 fully saturated rings. The third-order valence-corrected chi connectivity index (χ3v) is 2.99. The van der Waals surface area contributed by atoms with E-state index in [1.807, 2.05) is 43.3 Å². The van der Waals surface area contributed by atoms with Gasteiger partial charge in [-0.25, -0.2) is 4.79 Å². The van der Waals surface area contributed by atoms with Crippen LogP contribution in [0.1, 0.15) is 22.8 Å². The van der Waals surface area contributed by atoms with Crippen molar-refractivity contribution in [3.63, 3.8) is 0 Å². The van der Waals surface area contributed by atoms with Gasteiger partial charge < -0.3 is 5.11 Å². The Bertz CT molecular complexity index is 527. The molecule has 2 rings (SSSR count). The monoisotopic (exact) mass is 256 g/mol. The molecule has 0 aliphatic carbocycles. The van der Waals surface area contributed by atoms with E-state index in [0.29, 0.717) is 5.56 Å². The molecule has 2 nitrogen and oxygen atoms in total. The van der Waals surface area contributed by atoms with Crippen molar-refractivity contribution in [3.8, 4) is 11.1 Å². The van der Waals surface area contributed by atoms with Crippen LogP contribution in [0.2, 0.25) is 0 Å². The molecule has 0 spiro atoms. The Balaban J connectivity index is 2.31. The second-order valence-corrected chi connectivity index (χ2v) is 4.63. The van der Waals surface area contributed by atoms with Crippen LogP contribution in [0.25, 0.3) is 11.1 Å². The molecule has 90 valence electrons. The van der Waals surface area contributed by atoms with Crippen molar-refractivity contribution in [2.75, 3.05) is 0 Å². The maximum atomic E-state index is 10.8. The smallest absolute Gasteiger partial charge is 0.335 e. The van der Waals surface area contributed by atoms with E-state index in [2.05, 4.69) is 0 Å². The van der Waals surface area contributed by atoms with Crippen LogP contribution >= 0.6 is 12.2 Å². The molecule has 0 saturated carbocycles. The van der Waals surface area contributed by atoms with Crippen molar-refractivity contribution in [2.24, 2.45) is 0 Å². The normalized spacial score (nSPS) is 10.1. The predicted octanol–water partition coefficient (Wildman–Crippen LogP) is 3.79. The highest BCUT2D eigenvalue weighted by atomic mass is 32.1. The largest absolute Gasteiger partial charge is 0.478 e. The van der Waals surface area contributed by atoms with Crippen LogP contribution in [-0.2, 0) is 0 Å². The molecule has 0 bridgehead atoms. The fourth-order valence-corrected chi connectivity index (χ4v) is 1.84. The molecule has 0 aromatic heterocycles. The average Bonchev–Trinajstić information content (AvgIpc) is 2.39. The van der Waals surface area contributed by atoms with Crippen molar-refractivity contribution >= 4 is 23.1 Å². The minimum atomic E-state index is -0.909. The highest BCUT2D eigenvalue weighted by Crippen LogP contribution is 2.20. The topological polar surface area (TPSA) is 37.3 Å². The molecule has 2 aromatic carbocycles. The Morgan fingerprint density at radius 3 is 1.61 bits per heavy atom. The molecular weight excluding hydrogens is 244 g/mol. The lowest BCUT2D eigenvalue weighted by molar-refractivity contribution is 0.0697. The Labute approximate surface area is 111 Å². The minimum absolute atomic E-state index is 0.296.